The smallest absolute Gasteiger partial charge is 0.0700 e. The van der Waals surface area contributed by atoms with Gasteiger partial charge in [0.05, 0.1) is 13.2 Å². The molecule has 3 unspecified atom stereocenters. The monoisotopic (exact) mass is 210 g/mol. The first-order valence-corrected chi connectivity index (χ1v) is 6.24. The Hall–Kier alpha value is -0.340. The Bertz CT molecular complexity index is 213. The molecule has 1 saturated carbocycles. The molecule has 2 aliphatic carbocycles. The Balaban J connectivity index is 1.50. The highest BCUT2D eigenvalue weighted by Gasteiger charge is 2.34. The van der Waals surface area contributed by atoms with E-state index in [2.05, 4.69) is 12.2 Å². The fourth-order valence-corrected chi connectivity index (χ4v) is 2.83. The van der Waals surface area contributed by atoms with Gasteiger partial charge in [-0.3, -0.25) is 0 Å². The zero-order chi connectivity index (χ0) is 10.5. The molecule has 86 valence electrons. The standard InChI is InChI=1S/C13H22O2/c1-2-14-7-8-15-6-5-13-10-11-3-4-12(13)9-11/h3-4,11-13H,2,5-10H2,1H3. The van der Waals surface area contributed by atoms with Gasteiger partial charge in [-0.05, 0) is 43.9 Å². The van der Waals surface area contributed by atoms with Gasteiger partial charge in [0, 0.05) is 13.2 Å². The molecular formula is C13H22O2. The minimum absolute atomic E-state index is 0.743. The maximum absolute atomic E-state index is 5.56. The molecule has 15 heavy (non-hydrogen) atoms. The van der Waals surface area contributed by atoms with Gasteiger partial charge >= 0.3 is 0 Å². The van der Waals surface area contributed by atoms with Gasteiger partial charge < -0.3 is 9.47 Å². The molecule has 2 heteroatoms. The second-order valence-corrected chi connectivity index (χ2v) is 4.64. The topological polar surface area (TPSA) is 18.5 Å². The molecule has 2 rings (SSSR count). The molecule has 0 aliphatic heterocycles. The third-order valence-corrected chi connectivity index (χ3v) is 3.63. The molecule has 3 atom stereocenters. The van der Waals surface area contributed by atoms with Gasteiger partial charge in [0.2, 0.25) is 0 Å². The molecular weight excluding hydrogens is 188 g/mol. The van der Waals surface area contributed by atoms with E-state index < -0.39 is 0 Å². The molecule has 2 nitrogen and oxygen atoms in total. The summed E-state index contributed by atoms with van der Waals surface area (Å²) in [6.45, 7) is 5.22. The lowest BCUT2D eigenvalue weighted by Gasteiger charge is -2.17. The van der Waals surface area contributed by atoms with Gasteiger partial charge in [-0.1, -0.05) is 12.2 Å². The maximum Gasteiger partial charge on any atom is 0.0700 e. The van der Waals surface area contributed by atoms with Crippen molar-refractivity contribution in [2.24, 2.45) is 17.8 Å². The van der Waals surface area contributed by atoms with Gasteiger partial charge in [0.1, 0.15) is 0 Å². The SMILES string of the molecule is CCOCCOCCC1CC2C=CC1C2. The second kappa shape index (κ2) is 5.66. The molecule has 0 N–H and O–H groups in total. The summed E-state index contributed by atoms with van der Waals surface area (Å²) in [5, 5.41) is 0. The molecule has 0 saturated heterocycles. The summed E-state index contributed by atoms with van der Waals surface area (Å²) in [5.41, 5.74) is 0. The molecule has 1 fully saturated rings. The van der Waals surface area contributed by atoms with Gasteiger partial charge in [0.25, 0.3) is 0 Å². The van der Waals surface area contributed by atoms with Crippen molar-refractivity contribution < 1.29 is 9.47 Å². The highest BCUT2D eigenvalue weighted by molar-refractivity contribution is 5.09. The van der Waals surface area contributed by atoms with Gasteiger partial charge in [-0.2, -0.15) is 0 Å². The molecule has 2 aliphatic rings. The van der Waals surface area contributed by atoms with Crippen LogP contribution in [0.5, 0.6) is 0 Å². The predicted molar refractivity (Wildman–Crippen MR) is 60.8 cm³/mol. The third-order valence-electron chi connectivity index (χ3n) is 3.63. The van der Waals surface area contributed by atoms with Crippen LogP contribution in [0, 0.1) is 17.8 Å². The maximum atomic E-state index is 5.56. The Morgan fingerprint density at radius 3 is 2.60 bits per heavy atom. The van der Waals surface area contributed by atoms with Crippen LogP contribution in [0.25, 0.3) is 0 Å². The van der Waals surface area contributed by atoms with Gasteiger partial charge in [-0.25, -0.2) is 0 Å². The van der Waals surface area contributed by atoms with Crippen molar-refractivity contribution in [1.82, 2.24) is 0 Å². The average molecular weight is 210 g/mol. The third kappa shape index (κ3) is 3.05. The van der Waals surface area contributed by atoms with Crippen molar-refractivity contribution in [3.8, 4) is 0 Å². The van der Waals surface area contributed by atoms with Crippen molar-refractivity contribution in [3.05, 3.63) is 12.2 Å². The van der Waals surface area contributed by atoms with Crippen LogP contribution in [0.4, 0.5) is 0 Å². The largest absolute Gasteiger partial charge is 0.379 e. The van der Waals surface area contributed by atoms with Crippen LogP contribution in [0.15, 0.2) is 12.2 Å². The van der Waals surface area contributed by atoms with E-state index in [1.54, 1.807) is 0 Å². The van der Waals surface area contributed by atoms with E-state index in [1.807, 2.05) is 6.92 Å². The molecule has 0 aromatic rings. The normalized spacial score (nSPS) is 32.7. The van der Waals surface area contributed by atoms with E-state index in [-0.39, 0.29) is 0 Å². The minimum atomic E-state index is 0.743. The first kappa shape index (κ1) is 11.2. The van der Waals surface area contributed by atoms with E-state index in [1.165, 1.54) is 19.3 Å². The van der Waals surface area contributed by atoms with Crippen LogP contribution in [-0.4, -0.2) is 26.4 Å². The molecule has 0 radical (unpaired) electrons. The minimum Gasteiger partial charge on any atom is -0.379 e. The Morgan fingerprint density at radius 2 is 1.93 bits per heavy atom. The van der Waals surface area contributed by atoms with E-state index >= 15 is 0 Å². The summed E-state index contributed by atoms with van der Waals surface area (Å²) in [6.07, 6.45) is 8.85. The first-order valence-electron chi connectivity index (χ1n) is 6.24. The lowest BCUT2D eigenvalue weighted by molar-refractivity contribution is 0.0463. The van der Waals surface area contributed by atoms with Gasteiger partial charge in [-0.15, -0.1) is 0 Å². The van der Waals surface area contributed by atoms with Crippen LogP contribution in [0.3, 0.4) is 0 Å². The molecule has 0 spiro atoms. The Labute approximate surface area is 92.6 Å². The molecule has 0 heterocycles. The summed E-state index contributed by atoms with van der Waals surface area (Å²) >= 11 is 0. The Morgan fingerprint density at radius 1 is 1.07 bits per heavy atom. The summed E-state index contributed by atoms with van der Waals surface area (Å²) in [5.74, 6) is 2.65. The zero-order valence-corrected chi connectivity index (χ0v) is 9.65. The molecule has 0 amide bonds. The van der Waals surface area contributed by atoms with Crippen molar-refractivity contribution in [3.63, 3.8) is 0 Å². The van der Waals surface area contributed by atoms with Crippen LogP contribution in [-0.2, 0) is 9.47 Å². The zero-order valence-electron chi connectivity index (χ0n) is 9.65. The number of fused-ring (bicyclic) bond motifs is 2. The lowest BCUT2D eigenvalue weighted by Crippen LogP contribution is -2.12. The molecule has 2 bridgehead atoms. The van der Waals surface area contributed by atoms with Crippen LogP contribution in [0.1, 0.15) is 26.2 Å². The number of hydrogen-bond acceptors (Lipinski definition) is 2. The quantitative estimate of drug-likeness (QED) is 0.475. The average Bonchev–Trinajstić information content (AvgIpc) is 2.85. The summed E-state index contributed by atoms with van der Waals surface area (Å²) in [4.78, 5) is 0. The van der Waals surface area contributed by atoms with Crippen molar-refractivity contribution in [1.29, 1.82) is 0 Å². The number of allylic oxidation sites excluding steroid dienone is 2. The van der Waals surface area contributed by atoms with E-state index in [0.29, 0.717) is 0 Å². The summed E-state index contributed by atoms with van der Waals surface area (Å²) in [7, 11) is 0. The van der Waals surface area contributed by atoms with Crippen molar-refractivity contribution in [2.75, 3.05) is 26.4 Å². The highest BCUT2D eigenvalue weighted by Crippen LogP contribution is 2.44. The summed E-state index contributed by atoms with van der Waals surface area (Å²) < 4.78 is 10.8. The van der Waals surface area contributed by atoms with Crippen LogP contribution < -0.4 is 0 Å². The second-order valence-electron chi connectivity index (χ2n) is 4.64. The molecule has 0 aromatic carbocycles. The van der Waals surface area contributed by atoms with Gasteiger partial charge in [0.15, 0.2) is 0 Å². The van der Waals surface area contributed by atoms with E-state index in [0.717, 1.165) is 44.2 Å². The summed E-state index contributed by atoms with van der Waals surface area (Å²) in [6, 6.07) is 0. The first-order chi connectivity index (χ1) is 7.40. The van der Waals surface area contributed by atoms with Crippen molar-refractivity contribution >= 4 is 0 Å². The fraction of sp³-hybridized carbons (Fsp3) is 0.846. The number of rotatable bonds is 7. The molecule has 0 aromatic heterocycles. The highest BCUT2D eigenvalue weighted by atomic mass is 16.5. The Kier molecular flexibility index (Phi) is 4.21. The number of hydrogen-bond donors (Lipinski definition) is 0. The van der Waals surface area contributed by atoms with Crippen LogP contribution >= 0.6 is 0 Å². The lowest BCUT2D eigenvalue weighted by atomic mass is 9.91. The van der Waals surface area contributed by atoms with Crippen molar-refractivity contribution in [2.45, 2.75) is 26.2 Å². The number of ether oxygens (including phenoxy) is 2. The van der Waals surface area contributed by atoms with E-state index in [4.69, 9.17) is 9.47 Å². The van der Waals surface area contributed by atoms with E-state index in [9.17, 15) is 0 Å². The van der Waals surface area contributed by atoms with Crippen LogP contribution in [0.2, 0.25) is 0 Å². The predicted octanol–water partition coefficient (Wildman–Crippen LogP) is 2.64. The fourth-order valence-electron chi connectivity index (χ4n) is 2.83.